The van der Waals surface area contributed by atoms with E-state index in [1.807, 2.05) is 13.8 Å². The van der Waals surface area contributed by atoms with Gasteiger partial charge in [0.25, 0.3) is 0 Å². The highest BCUT2D eigenvalue weighted by atomic mass is 32.2. The molecule has 0 bridgehead atoms. The highest BCUT2D eigenvalue weighted by molar-refractivity contribution is 7.89. The van der Waals surface area contributed by atoms with Gasteiger partial charge in [-0.15, -0.1) is 0 Å². The number of hydrogen-bond donors (Lipinski definition) is 0. The summed E-state index contributed by atoms with van der Waals surface area (Å²) in [6.07, 6.45) is 2.45. The molecule has 2 atom stereocenters. The second-order valence-electron chi connectivity index (χ2n) is 4.04. The summed E-state index contributed by atoms with van der Waals surface area (Å²) in [7, 11) is -3.42. The molecule has 0 radical (unpaired) electrons. The van der Waals surface area contributed by atoms with Crippen molar-refractivity contribution >= 4 is 10.0 Å². The average Bonchev–Trinajstić information content (AvgIpc) is 2.69. The molecule has 0 saturated carbocycles. The maximum atomic E-state index is 12.1. The van der Waals surface area contributed by atoms with Crippen molar-refractivity contribution in [2.45, 2.75) is 31.0 Å². The number of sulfonamides is 1. The van der Waals surface area contributed by atoms with Gasteiger partial charge in [0.15, 0.2) is 0 Å². The third-order valence-electron chi connectivity index (χ3n) is 2.52. The van der Waals surface area contributed by atoms with Gasteiger partial charge in [-0.2, -0.15) is 4.31 Å². The first kappa shape index (κ1) is 11.6. The number of furan rings is 1. The molecule has 0 N–H and O–H groups in total. The summed E-state index contributed by atoms with van der Waals surface area (Å²) in [5, 5.41) is 0. The monoisotopic (exact) mass is 245 g/mol. The Hall–Kier alpha value is -0.850. The van der Waals surface area contributed by atoms with Gasteiger partial charge in [0, 0.05) is 13.1 Å². The SMILES string of the molecule is C[C@@H]1CN(S(=O)(=O)c2ccoc2)C[C@H](C)O1. The molecule has 1 fully saturated rings. The zero-order valence-corrected chi connectivity index (χ0v) is 10.1. The van der Waals surface area contributed by atoms with E-state index in [0.29, 0.717) is 13.1 Å². The van der Waals surface area contributed by atoms with Gasteiger partial charge in [-0.3, -0.25) is 0 Å². The lowest BCUT2D eigenvalue weighted by Crippen LogP contribution is -2.47. The molecule has 1 saturated heterocycles. The molecule has 1 aliphatic rings. The molecule has 16 heavy (non-hydrogen) atoms. The van der Waals surface area contributed by atoms with E-state index in [-0.39, 0.29) is 17.1 Å². The Morgan fingerprint density at radius 1 is 1.31 bits per heavy atom. The molecule has 0 aliphatic carbocycles. The Bertz CT molecular complexity index is 429. The van der Waals surface area contributed by atoms with E-state index in [4.69, 9.17) is 9.15 Å². The fraction of sp³-hybridized carbons (Fsp3) is 0.600. The fourth-order valence-electron chi connectivity index (χ4n) is 1.87. The minimum atomic E-state index is -3.42. The van der Waals surface area contributed by atoms with Crippen LogP contribution in [0.3, 0.4) is 0 Å². The molecule has 0 amide bonds. The largest absolute Gasteiger partial charge is 0.471 e. The normalized spacial score (nSPS) is 28.1. The number of nitrogens with zero attached hydrogens (tertiary/aromatic N) is 1. The maximum absolute atomic E-state index is 12.1. The van der Waals surface area contributed by atoms with Gasteiger partial charge in [0.2, 0.25) is 10.0 Å². The van der Waals surface area contributed by atoms with E-state index in [0.717, 1.165) is 0 Å². The molecule has 1 aliphatic heterocycles. The topological polar surface area (TPSA) is 59.8 Å². The minimum absolute atomic E-state index is 0.0783. The van der Waals surface area contributed by atoms with Crippen LogP contribution in [0.1, 0.15) is 13.8 Å². The Balaban J connectivity index is 2.24. The molecule has 1 aromatic rings. The first-order valence-corrected chi connectivity index (χ1v) is 6.62. The lowest BCUT2D eigenvalue weighted by atomic mass is 10.3. The fourth-order valence-corrected chi connectivity index (χ4v) is 3.39. The van der Waals surface area contributed by atoms with Crippen molar-refractivity contribution < 1.29 is 17.6 Å². The molecule has 6 heteroatoms. The van der Waals surface area contributed by atoms with Crippen LogP contribution in [-0.4, -0.2) is 38.0 Å². The van der Waals surface area contributed by atoms with Gasteiger partial charge >= 0.3 is 0 Å². The molecular weight excluding hydrogens is 230 g/mol. The van der Waals surface area contributed by atoms with Crippen LogP contribution >= 0.6 is 0 Å². The van der Waals surface area contributed by atoms with E-state index >= 15 is 0 Å². The number of ether oxygens (including phenoxy) is 1. The summed E-state index contributed by atoms with van der Waals surface area (Å²) in [5.74, 6) is 0. The van der Waals surface area contributed by atoms with Crippen molar-refractivity contribution in [3.05, 3.63) is 18.6 Å². The average molecular weight is 245 g/mol. The number of hydrogen-bond acceptors (Lipinski definition) is 4. The predicted molar refractivity (Wildman–Crippen MR) is 57.5 cm³/mol. The van der Waals surface area contributed by atoms with E-state index in [1.165, 1.54) is 22.9 Å². The predicted octanol–water partition coefficient (Wildman–Crippen LogP) is 1.08. The smallest absolute Gasteiger partial charge is 0.246 e. The summed E-state index contributed by atoms with van der Waals surface area (Å²) in [4.78, 5) is 0.203. The van der Waals surface area contributed by atoms with Crippen LogP contribution in [0.2, 0.25) is 0 Å². The third-order valence-corrected chi connectivity index (χ3v) is 4.32. The van der Waals surface area contributed by atoms with Crippen molar-refractivity contribution in [2.75, 3.05) is 13.1 Å². The summed E-state index contributed by atoms with van der Waals surface area (Å²) < 4.78 is 36.0. The summed E-state index contributed by atoms with van der Waals surface area (Å²) in [6.45, 7) is 4.51. The maximum Gasteiger partial charge on any atom is 0.246 e. The summed E-state index contributed by atoms with van der Waals surface area (Å²) in [5.41, 5.74) is 0. The van der Waals surface area contributed by atoms with Crippen LogP contribution in [-0.2, 0) is 14.8 Å². The van der Waals surface area contributed by atoms with Crippen molar-refractivity contribution in [3.63, 3.8) is 0 Å². The van der Waals surface area contributed by atoms with Crippen molar-refractivity contribution in [3.8, 4) is 0 Å². The van der Waals surface area contributed by atoms with Crippen molar-refractivity contribution in [2.24, 2.45) is 0 Å². The second-order valence-corrected chi connectivity index (χ2v) is 5.98. The standard InChI is InChI=1S/C10H15NO4S/c1-8-5-11(6-9(2)15-8)16(12,13)10-3-4-14-7-10/h3-4,7-9H,5-6H2,1-2H3/t8-,9+. The van der Waals surface area contributed by atoms with E-state index in [1.54, 1.807) is 0 Å². The zero-order valence-electron chi connectivity index (χ0n) is 9.29. The van der Waals surface area contributed by atoms with Gasteiger partial charge in [-0.25, -0.2) is 8.42 Å². The van der Waals surface area contributed by atoms with Crippen LogP contribution in [0, 0.1) is 0 Å². The Kier molecular flexibility index (Phi) is 3.05. The van der Waals surface area contributed by atoms with Gasteiger partial charge in [0.1, 0.15) is 11.2 Å². The van der Waals surface area contributed by atoms with Crippen LogP contribution in [0.5, 0.6) is 0 Å². The van der Waals surface area contributed by atoms with E-state index in [2.05, 4.69) is 0 Å². The molecule has 2 rings (SSSR count). The molecular formula is C10H15NO4S. The Labute approximate surface area is 95.0 Å². The lowest BCUT2D eigenvalue weighted by Gasteiger charge is -2.34. The first-order chi connectivity index (χ1) is 7.50. The summed E-state index contributed by atoms with van der Waals surface area (Å²) >= 11 is 0. The van der Waals surface area contributed by atoms with Crippen LogP contribution in [0.15, 0.2) is 27.9 Å². The van der Waals surface area contributed by atoms with Crippen molar-refractivity contribution in [1.82, 2.24) is 4.31 Å². The van der Waals surface area contributed by atoms with Crippen LogP contribution in [0.25, 0.3) is 0 Å². The molecule has 0 spiro atoms. The molecule has 0 unspecified atom stereocenters. The molecule has 5 nitrogen and oxygen atoms in total. The molecule has 90 valence electrons. The Morgan fingerprint density at radius 2 is 1.94 bits per heavy atom. The Morgan fingerprint density at radius 3 is 2.44 bits per heavy atom. The third kappa shape index (κ3) is 2.14. The highest BCUT2D eigenvalue weighted by Gasteiger charge is 2.32. The van der Waals surface area contributed by atoms with Gasteiger partial charge in [-0.05, 0) is 19.9 Å². The van der Waals surface area contributed by atoms with Crippen LogP contribution < -0.4 is 0 Å². The first-order valence-electron chi connectivity index (χ1n) is 5.18. The minimum Gasteiger partial charge on any atom is -0.471 e. The quantitative estimate of drug-likeness (QED) is 0.782. The van der Waals surface area contributed by atoms with Gasteiger partial charge in [0.05, 0.1) is 18.5 Å². The summed E-state index contributed by atoms with van der Waals surface area (Å²) in [6, 6.07) is 1.46. The second kappa shape index (κ2) is 4.20. The zero-order chi connectivity index (χ0) is 11.8. The molecule has 1 aromatic heterocycles. The van der Waals surface area contributed by atoms with Gasteiger partial charge in [-0.1, -0.05) is 0 Å². The molecule has 2 heterocycles. The van der Waals surface area contributed by atoms with E-state index < -0.39 is 10.0 Å². The molecule has 0 aromatic carbocycles. The lowest BCUT2D eigenvalue weighted by molar-refractivity contribution is -0.0440. The van der Waals surface area contributed by atoms with Crippen LogP contribution in [0.4, 0.5) is 0 Å². The van der Waals surface area contributed by atoms with Gasteiger partial charge < -0.3 is 9.15 Å². The number of morpholine rings is 1. The van der Waals surface area contributed by atoms with E-state index in [9.17, 15) is 8.42 Å². The number of rotatable bonds is 2. The highest BCUT2D eigenvalue weighted by Crippen LogP contribution is 2.20. The van der Waals surface area contributed by atoms with Crippen molar-refractivity contribution in [1.29, 1.82) is 0 Å².